The van der Waals surface area contributed by atoms with E-state index in [1.807, 2.05) is 12.1 Å². The van der Waals surface area contributed by atoms with Crippen molar-refractivity contribution in [1.29, 1.82) is 0 Å². The molecule has 0 aliphatic heterocycles. The lowest BCUT2D eigenvalue weighted by atomic mass is 10.1. The number of amides is 1. The molecule has 1 amide bonds. The van der Waals surface area contributed by atoms with Gasteiger partial charge in [0.25, 0.3) is 5.91 Å². The normalized spacial score (nSPS) is 10.1. The summed E-state index contributed by atoms with van der Waals surface area (Å²) in [5, 5.41) is 3.29. The number of hydrogen-bond acceptors (Lipinski definition) is 5. The molecule has 0 saturated heterocycles. The van der Waals surface area contributed by atoms with Gasteiger partial charge < -0.3 is 24.3 Å². The van der Waals surface area contributed by atoms with Crippen molar-refractivity contribution >= 4 is 17.5 Å². The van der Waals surface area contributed by atoms with Crippen LogP contribution in [0.2, 0.25) is 5.02 Å². The van der Waals surface area contributed by atoms with Gasteiger partial charge in [0.1, 0.15) is 18.1 Å². The Labute approximate surface area is 151 Å². The Morgan fingerprint density at radius 3 is 2.24 bits per heavy atom. The monoisotopic (exact) mass is 365 g/mol. The Morgan fingerprint density at radius 2 is 1.60 bits per heavy atom. The first-order valence-electron chi connectivity index (χ1n) is 7.56. The fraction of sp³-hybridized carbons (Fsp3) is 0.278. The van der Waals surface area contributed by atoms with Crippen LogP contribution in [0.25, 0.3) is 0 Å². The summed E-state index contributed by atoms with van der Waals surface area (Å²) in [5.74, 6) is 1.59. The summed E-state index contributed by atoms with van der Waals surface area (Å²) < 4.78 is 21.2. The molecule has 2 aromatic rings. The first-order chi connectivity index (χ1) is 12.1. The lowest BCUT2D eigenvalue weighted by Gasteiger charge is -2.14. The van der Waals surface area contributed by atoms with E-state index in [1.165, 1.54) is 21.3 Å². The molecule has 0 atom stereocenters. The summed E-state index contributed by atoms with van der Waals surface area (Å²) in [7, 11) is 4.51. The molecule has 2 aromatic carbocycles. The summed E-state index contributed by atoms with van der Waals surface area (Å²) in [6.07, 6.45) is 0. The fourth-order valence-electron chi connectivity index (χ4n) is 2.19. The highest BCUT2D eigenvalue weighted by molar-refractivity contribution is 6.32. The number of carbonyl (C=O) groups excluding carboxylic acids is 1. The molecule has 0 aromatic heterocycles. The average molecular weight is 366 g/mol. The molecular formula is C18H20ClNO5. The minimum absolute atomic E-state index is 0.283. The van der Waals surface area contributed by atoms with Crippen LogP contribution in [-0.2, 0) is 0 Å². The molecular weight excluding hydrogens is 346 g/mol. The number of hydrogen-bond donors (Lipinski definition) is 1. The third kappa shape index (κ3) is 4.70. The van der Waals surface area contributed by atoms with E-state index in [0.717, 1.165) is 0 Å². The van der Waals surface area contributed by atoms with Gasteiger partial charge in [-0.05, 0) is 12.1 Å². The number of rotatable bonds is 8. The second-order valence-electron chi connectivity index (χ2n) is 4.94. The van der Waals surface area contributed by atoms with E-state index in [0.29, 0.717) is 40.1 Å². The van der Waals surface area contributed by atoms with Crippen molar-refractivity contribution in [2.75, 3.05) is 34.5 Å². The molecule has 1 N–H and O–H groups in total. The highest BCUT2D eigenvalue weighted by Crippen LogP contribution is 2.34. The first kappa shape index (κ1) is 18.7. The molecule has 0 fully saturated rings. The number of nitrogens with one attached hydrogen (secondary N) is 1. The van der Waals surface area contributed by atoms with Crippen LogP contribution in [-0.4, -0.2) is 40.4 Å². The lowest BCUT2D eigenvalue weighted by molar-refractivity contribution is 0.0943. The Hall–Kier alpha value is -2.60. The van der Waals surface area contributed by atoms with Crippen LogP contribution < -0.4 is 24.3 Å². The predicted octanol–water partition coefficient (Wildman–Crippen LogP) is 3.17. The predicted molar refractivity (Wildman–Crippen MR) is 95.4 cm³/mol. The molecule has 134 valence electrons. The van der Waals surface area contributed by atoms with E-state index in [1.54, 1.807) is 24.3 Å². The summed E-state index contributed by atoms with van der Waals surface area (Å²) in [5.41, 5.74) is 0.345. The molecule has 0 heterocycles. The molecule has 0 aliphatic carbocycles. The Balaban J connectivity index is 1.99. The summed E-state index contributed by atoms with van der Waals surface area (Å²) in [6.45, 7) is 0.590. The smallest absolute Gasteiger partial charge is 0.255 e. The van der Waals surface area contributed by atoms with E-state index in [9.17, 15) is 4.79 Å². The van der Waals surface area contributed by atoms with Crippen molar-refractivity contribution in [3.8, 4) is 23.0 Å². The van der Waals surface area contributed by atoms with Crippen LogP contribution in [0.1, 0.15) is 10.4 Å². The van der Waals surface area contributed by atoms with E-state index in [2.05, 4.69) is 5.32 Å². The summed E-state index contributed by atoms with van der Waals surface area (Å²) in [6, 6.07) is 10.3. The zero-order valence-corrected chi connectivity index (χ0v) is 15.1. The number of para-hydroxylation sites is 1. The lowest BCUT2D eigenvalue weighted by Crippen LogP contribution is -2.28. The van der Waals surface area contributed by atoms with Crippen LogP contribution in [0.5, 0.6) is 23.0 Å². The van der Waals surface area contributed by atoms with E-state index >= 15 is 0 Å². The van der Waals surface area contributed by atoms with Crippen molar-refractivity contribution < 1.29 is 23.7 Å². The standard InChI is InChI=1S/C18H20ClNO5/c1-22-15-11-17(24-3)16(23-2)10-12(15)18(21)20-8-9-25-14-7-5-4-6-13(14)19/h4-7,10-11H,8-9H2,1-3H3,(H,20,21). The van der Waals surface area contributed by atoms with Gasteiger partial charge in [0.15, 0.2) is 11.5 Å². The molecule has 0 spiro atoms. The first-order valence-corrected chi connectivity index (χ1v) is 7.94. The number of halogens is 1. The molecule has 2 rings (SSSR count). The molecule has 6 nitrogen and oxygen atoms in total. The maximum atomic E-state index is 12.4. The minimum Gasteiger partial charge on any atom is -0.496 e. The molecule has 0 unspecified atom stereocenters. The molecule has 25 heavy (non-hydrogen) atoms. The highest BCUT2D eigenvalue weighted by Gasteiger charge is 2.17. The Kier molecular flexibility index (Phi) is 6.77. The fourth-order valence-corrected chi connectivity index (χ4v) is 2.38. The molecule has 0 saturated carbocycles. The topological polar surface area (TPSA) is 66.0 Å². The van der Waals surface area contributed by atoms with Crippen molar-refractivity contribution in [3.05, 3.63) is 47.0 Å². The number of methoxy groups -OCH3 is 3. The second kappa shape index (κ2) is 9.03. The van der Waals surface area contributed by atoms with E-state index in [4.69, 9.17) is 30.5 Å². The molecule has 0 radical (unpaired) electrons. The van der Waals surface area contributed by atoms with Gasteiger partial charge in [-0.2, -0.15) is 0 Å². The average Bonchev–Trinajstić information content (AvgIpc) is 2.65. The van der Waals surface area contributed by atoms with Crippen LogP contribution in [0.15, 0.2) is 36.4 Å². The summed E-state index contributed by atoms with van der Waals surface area (Å²) >= 11 is 6.01. The maximum Gasteiger partial charge on any atom is 0.255 e. The van der Waals surface area contributed by atoms with Gasteiger partial charge in [-0.3, -0.25) is 4.79 Å². The van der Waals surface area contributed by atoms with Crippen LogP contribution in [0.4, 0.5) is 0 Å². The summed E-state index contributed by atoms with van der Waals surface area (Å²) in [4.78, 5) is 12.4. The van der Waals surface area contributed by atoms with Crippen LogP contribution >= 0.6 is 11.6 Å². The SMILES string of the molecule is COc1cc(OC)c(C(=O)NCCOc2ccccc2Cl)cc1OC. The third-order valence-corrected chi connectivity index (χ3v) is 3.74. The van der Waals surface area contributed by atoms with Gasteiger partial charge >= 0.3 is 0 Å². The second-order valence-corrected chi connectivity index (χ2v) is 5.35. The minimum atomic E-state index is -0.305. The molecule has 0 bridgehead atoms. The maximum absolute atomic E-state index is 12.4. The van der Waals surface area contributed by atoms with Gasteiger partial charge in [-0.1, -0.05) is 23.7 Å². The van der Waals surface area contributed by atoms with Crippen molar-refractivity contribution in [2.45, 2.75) is 0 Å². The Bertz CT molecular complexity index is 735. The quantitative estimate of drug-likeness (QED) is 0.728. The van der Waals surface area contributed by atoms with Gasteiger partial charge in [0.05, 0.1) is 38.5 Å². The molecule has 0 aliphatic rings. The zero-order chi connectivity index (χ0) is 18.2. The van der Waals surface area contributed by atoms with E-state index in [-0.39, 0.29) is 12.5 Å². The van der Waals surface area contributed by atoms with Gasteiger partial charge in [0.2, 0.25) is 0 Å². The Morgan fingerprint density at radius 1 is 0.960 bits per heavy atom. The third-order valence-electron chi connectivity index (χ3n) is 3.43. The number of benzene rings is 2. The van der Waals surface area contributed by atoms with Crippen LogP contribution in [0, 0.1) is 0 Å². The van der Waals surface area contributed by atoms with Gasteiger partial charge in [-0.15, -0.1) is 0 Å². The molecule has 7 heteroatoms. The van der Waals surface area contributed by atoms with Gasteiger partial charge in [-0.25, -0.2) is 0 Å². The van der Waals surface area contributed by atoms with Crippen LogP contribution in [0.3, 0.4) is 0 Å². The number of ether oxygens (including phenoxy) is 4. The zero-order valence-electron chi connectivity index (χ0n) is 14.3. The van der Waals surface area contributed by atoms with Gasteiger partial charge in [0, 0.05) is 12.1 Å². The van der Waals surface area contributed by atoms with E-state index < -0.39 is 0 Å². The highest BCUT2D eigenvalue weighted by atomic mass is 35.5. The van der Waals surface area contributed by atoms with Crippen molar-refractivity contribution in [2.24, 2.45) is 0 Å². The van der Waals surface area contributed by atoms with Crippen molar-refractivity contribution in [1.82, 2.24) is 5.32 Å². The largest absolute Gasteiger partial charge is 0.496 e. The van der Waals surface area contributed by atoms with Crippen molar-refractivity contribution in [3.63, 3.8) is 0 Å². The number of carbonyl (C=O) groups is 1.